The highest BCUT2D eigenvalue weighted by atomic mass is 32.2. The zero-order valence-corrected chi connectivity index (χ0v) is 15.9. The van der Waals surface area contributed by atoms with Gasteiger partial charge in [0.05, 0.1) is 16.5 Å². The number of benzene rings is 1. The third-order valence-corrected chi connectivity index (χ3v) is 4.94. The summed E-state index contributed by atoms with van der Waals surface area (Å²) in [5.41, 5.74) is 0.0768. The summed E-state index contributed by atoms with van der Waals surface area (Å²) in [6.45, 7) is 3.04. The zero-order valence-electron chi connectivity index (χ0n) is 15.1. The van der Waals surface area contributed by atoms with Crippen molar-refractivity contribution in [1.29, 1.82) is 5.26 Å². The van der Waals surface area contributed by atoms with E-state index in [0.29, 0.717) is 5.76 Å². The number of carbonyl (C=O) groups is 2. The number of esters is 1. The van der Waals surface area contributed by atoms with Crippen molar-refractivity contribution in [2.45, 2.75) is 31.3 Å². The number of sulfonamides is 1. The van der Waals surface area contributed by atoms with Crippen LogP contribution in [0, 0.1) is 18.3 Å². The van der Waals surface area contributed by atoms with Gasteiger partial charge in [-0.15, -0.1) is 0 Å². The van der Waals surface area contributed by atoms with E-state index < -0.39 is 28.0 Å². The number of aromatic nitrogens is 1. The first kappa shape index (κ1) is 21.1. The maximum atomic E-state index is 12.2. The first-order valence-corrected chi connectivity index (χ1v) is 9.63. The predicted molar refractivity (Wildman–Crippen MR) is 96.6 cm³/mol. The molecule has 0 bridgehead atoms. The van der Waals surface area contributed by atoms with E-state index in [-0.39, 0.29) is 29.2 Å². The molecule has 10 nitrogen and oxygen atoms in total. The Morgan fingerprint density at radius 1 is 1.32 bits per heavy atom. The second-order valence-corrected chi connectivity index (χ2v) is 7.46. The first-order valence-electron chi connectivity index (χ1n) is 8.15. The number of hydrogen-bond donors (Lipinski definition) is 2. The molecule has 1 atom stereocenters. The number of aryl methyl sites for hydroxylation is 1. The summed E-state index contributed by atoms with van der Waals surface area (Å²) in [4.78, 5) is 24.1. The van der Waals surface area contributed by atoms with Gasteiger partial charge < -0.3 is 14.6 Å². The van der Waals surface area contributed by atoms with Crippen LogP contribution in [0.15, 0.2) is 39.8 Å². The molecule has 1 amide bonds. The molecular formula is C17H18N4O6S. The summed E-state index contributed by atoms with van der Waals surface area (Å²) >= 11 is 0. The minimum Gasteiger partial charge on any atom is -0.449 e. The lowest BCUT2D eigenvalue weighted by Gasteiger charge is -2.12. The molecule has 0 fully saturated rings. The summed E-state index contributed by atoms with van der Waals surface area (Å²) in [5, 5.41) is 14.5. The van der Waals surface area contributed by atoms with Gasteiger partial charge in [-0.05, 0) is 38.1 Å². The van der Waals surface area contributed by atoms with Gasteiger partial charge in [-0.3, -0.25) is 4.79 Å². The van der Waals surface area contributed by atoms with E-state index in [4.69, 9.17) is 14.5 Å². The van der Waals surface area contributed by atoms with Crippen LogP contribution in [0.3, 0.4) is 0 Å². The molecule has 148 valence electrons. The van der Waals surface area contributed by atoms with Crippen LogP contribution in [0.2, 0.25) is 0 Å². The summed E-state index contributed by atoms with van der Waals surface area (Å²) < 4.78 is 36.2. The van der Waals surface area contributed by atoms with Crippen molar-refractivity contribution in [3.8, 4) is 6.07 Å². The maximum Gasteiger partial charge on any atom is 0.338 e. The Morgan fingerprint density at radius 2 is 2.00 bits per heavy atom. The molecule has 0 aliphatic rings. The van der Waals surface area contributed by atoms with Crippen LogP contribution < -0.4 is 10.0 Å². The van der Waals surface area contributed by atoms with Crippen molar-refractivity contribution in [3.05, 3.63) is 41.7 Å². The quantitative estimate of drug-likeness (QED) is 0.492. The van der Waals surface area contributed by atoms with Crippen molar-refractivity contribution in [2.24, 2.45) is 0 Å². The second kappa shape index (κ2) is 9.12. The number of nitrogens with one attached hydrogen (secondary N) is 2. The first-order chi connectivity index (χ1) is 13.2. The lowest BCUT2D eigenvalue weighted by atomic mass is 10.2. The summed E-state index contributed by atoms with van der Waals surface area (Å²) in [6.07, 6.45) is -1.07. The SMILES string of the molecule is Cc1cc(NC(=O)C(C)OC(=O)c2ccc(S(=O)(=O)NCCC#N)cc2)no1. The molecule has 0 saturated heterocycles. The van der Waals surface area contributed by atoms with Crippen molar-refractivity contribution in [1.82, 2.24) is 9.88 Å². The molecule has 2 rings (SSSR count). The second-order valence-electron chi connectivity index (χ2n) is 5.69. The van der Waals surface area contributed by atoms with Crippen LogP contribution in [0.5, 0.6) is 0 Å². The number of nitrogens with zero attached hydrogens (tertiary/aromatic N) is 2. The third kappa shape index (κ3) is 5.63. The third-order valence-electron chi connectivity index (χ3n) is 3.46. The fourth-order valence-electron chi connectivity index (χ4n) is 2.03. The molecular weight excluding hydrogens is 388 g/mol. The summed E-state index contributed by atoms with van der Waals surface area (Å²) in [6, 6.07) is 8.34. The van der Waals surface area contributed by atoms with E-state index in [1.165, 1.54) is 37.3 Å². The molecule has 0 aliphatic carbocycles. The van der Waals surface area contributed by atoms with Crippen LogP contribution >= 0.6 is 0 Å². The van der Waals surface area contributed by atoms with Crippen molar-refractivity contribution in [2.75, 3.05) is 11.9 Å². The molecule has 1 unspecified atom stereocenters. The standard InChI is InChI=1S/C17H18N4O6S/c1-11-10-15(21-27-11)20-16(22)12(2)26-17(23)13-4-6-14(7-5-13)28(24,25)19-9-3-8-18/h4-7,10,12,19H,3,9H2,1-2H3,(H,20,21,22). The average Bonchev–Trinajstić information content (AvgIpc) is 3.06. The van der Waals surface area contributed by atoms with Crippen LogP contribution in [0.4, 0.5) is 5.82 Å². The Hall–Kier alpha value is -3.23. The largest absolute Gasteiger partial charge is 0.449 e. The minimum absolute atomic E-state index is 0.0136. The van der Waals surface area contributed by atoms with E-state index in [2.05, 4.69) is 15.2 Å². The highest BCUT2D eigenvalue weighted by Gasteiger charge is 2.21. The molecule has 0 radical (unpaired) electrons. The van der Waals surface area contributed by atoms with E-state index in [9.17, 15) is 18.0 Å². The van der Waals surface area contributed by atoms with Gasteiger partial charge in [-0.1, -0.05) is 5.16 Å². The van der Waals surface area contributed by atoms with Gasteiger partial charge in [-0.2, -0.15) is 5.26 Å². The Bertz CT molecular complexity index is 991. The van der Waals surface area contributed by atoms with Gasteiger partial charge in [-0.25, -0.2) is 17.9 Å². The number of anilines is 1. The van der Waals surface area contributed by atoms with E-state index >= 15 is 0 Å². The lowest BCUT2D eigenvalue weighted by molar-refractivity contribution is -0.123. The number of hydrogen-bond acceptors (Lipinski definition) is 8. The predicted octanol–water partition coefficient (Wildman–Crippen LogP) is 1.36. The number of amides is 1. The Kier molecular flexibility index (Phi) is 6.86. The van der Waals surface area contributed by atoms with E-state index in [1.807, 2.05) is 6.07 Å². The van der Waals surface area contributed by atoms with Crippen molar-refractivity contribution < 1.29 is 27.3 Å². The van der Waals surface area contributed by atoms with Crippen LogP contribution in [-0.2, 0) is 19.6 Å². The zero-order chi connectivity index (χ0) is 20.7. The fraction of sp³-hybridized carbons (Fsp3) is 0.294. The number of rotatable bonds is 8. The maximum absolute atomic E-state index is 12.2. The normalized spacial score (nSPS) is 12.0. The van der Waals surface area contributed by atoms with Crippen molar-refractivity contribution >= 4 is 27.7 Å². The van der Waals surface area contributed by atoms with Crippen molar-refractivity contribution in [3.63, 3.8) is 0 Å². The lowest BCUT2D eigenvalue weighted by Crippen LogP contribution is -2.30. The molecule has 1 aromatic heterocycles. The molecule has 2 N–H and O–H groups in total. The van der Waals surface area contributed by atoms with E-state index in [1.54, 1.807) is 6.92 Å². The van der Waals surface area contributed by atoms with Gasteiger partial charge in [0.25, 0.3) is 5.91 Å². The Morgan fingerprint density at radius 3 is 2.57 bits per heavy atom. The Labute approximate surface area is 161 Å². The van der Waals surface area contributed by atoms with Gasteiger partial charge >= 0.3 is 5.97 Å². The van der Waals surface area contributed by atoms with Crippen LogP contribution in [0.25, 0.3) is 0 Å². The van der Waals surface area contributed by atoms with E-state index in [0.717, 1.165) is 0 Å². The average molecular weight is 406 g/mol. The number of ether oxygens (including phenoxy) is 1. The molecule has 0 saturated carbocycles. The van der Waals surface area contributed by atoms with Crippen LogP contribution in [0.1, 0.15) is 29.5 Å². The van der Waals surface area contributed by atoms with Gasteiger partial charge in [0.15, 0.2) is 11.9 Å². The smallest absolute Gasteiger partial charge is 0.338 e. The number of carbonyl (C=O) groups excluding carboxylic acids is 2. The topological polar surface area (TPSA) is 151 Å². The minimum atomic E-state index is -3.78. The molecule has 1 heterocycles. The van der Waals surface area contributed by atoms with Gasteiger partial charge in [0.2, 0.25) is 10.0 Å². The van der Waals surface area contributed by atoms with Gasteiger partial charge in [0, 0.05) is 19.0 Å². The molecule has 11 heteroatoms. The Balaban J connectivity index is 1.96. The summed E-state index contributed by atoms with van der Waals surface area (Å²) in [5.74, 6) is -0.677. The molecule has 2 aromatic rings. The molecule has 0 spiro atoms. The van der Waals surface area contributed by atoms with Gasteiger partial charge in [0.1, 0.15) is 5.76 Å². The highest BCUT2D eigenvalue weighted by molar-refractivity contribution is 7.89. The molecule has 1 aromatic carbocycles. The fourth-order valence-corrected chi connectivity index (χ4v) is 3.06. The number of nitriles is 1. The molecule has 0 aliphatic heterocycles. The summed E-state index contributed by atoms with van der Waals surface area (Å²) in [7, 11) is -3.78. The molecule has 28 heavy (non-hydrogen) atoms. The highest BCUT2D eigenvalue weighted by Crippen LogP contribution is 2.13. The van der Waals surface area contributed by atoms with Crippen LogP contribution in [-0.4, -0.2) is 38.1 Å². The monoisotopic (exact) mass is 406 g/mol.